The number of sulfonamides is 1. The Morgan fingerprint density at radius 2 is 1.72 bits per heavy atom. The van der Waals surface area contributed by atoms with Crippen LogP contribution in [0.5, 0.6) is 0 Å². The average molecular weight is 487 g/mol. The SMILES string of the molecule is CO[C@@H](CN(C)S(=O)(=O)c1ccc(F)cc1)[C@@H](C)CN(Cc1ccccc1Cl)[C@H](C)CO. The maximum Gasteiger partial charge on any atom is 0.242 e. The molecule has 32 heavy (non-hydrogen) atoms. The van der Waals surface area contributed by atoms with Gasteiger partial charge in [-0.1, -0.05) is 36.7 Å². The van der Waals surface area contributed by atoms with E-state index < -0.39 is 21.9 Å². The Labute approximate surface area is 195 Å². The van der Waals surface area contributed by atoms with E-state index in [0.29, 0.717) is 18.1 Å². The fourth-order valence-electron chi connectivity index (χ4n) is 3.47. The van der Waals surface area contributed by atoms with E-state index in [1.807, 2.05) is 38.1 Å². The van der Waals surface area contributed by atoms with E-state index in [1.165, 1.54) is 23.5 Å². The van der Waals surface area contributed by atoms with E-state index in [9.17, 15) is 17.9 Å². The number of rotatable bonds is 12. The number of nitrogens with zero attached hydrogens (tertiary/aromatic N) is 2. The van der Waals surface area contributed by atoms with E-state index in [1.54, 1.807) is 7.11 Å². The lowest BCUT2D eigenvalue weighted by Gasteiger charge is -2.34. The first-order valence-electron chi connectivity index (χ1n) is 10.4. The maximum absolute atomic E-state index is 13.2. The Hall–Kier alpha value is -1.55. The zero-order valence-corrected chi connectivity index (χ0v) is 20.5. The number of likely N-dealkylation sites (N-methyl/N-ethyl adjacent to an activating group) is 1. The molecule has 0 aliphatic heterocycles. The Morgan fingerprint density at radius 3 is 2.28 bits per heavy atom. The lowest BCUT2D eigenvalue weighted by Crippen LogP contribution is -2.44. The molecule has 2 aromatic carbocycles. The molecule has 0 fully saturated rings. The summed E-state index contributed by atoms with van der Waals surface area (Å²) in [6, 6.07) is 12.2. The lowest BCUT2D eigenvalue weighted by molar-refractivity contribution is 0.0194. The van der Waals surface area contributed by atoms with Crippen molar-refractivity contribution in [1.82, 2.24) is 9.21 Å². The van der Waals surface area contributed by atoms with E-state index in [4.69, 9.17) is 16.3 Å². The summed E-state index contributed by atoms with van der Waals surface area (Å²) in [5, 5.41) is 10.4. The lowest BCUT2D eigenvalue weighted by atomic mass is 10.0. The Kier molecular flexibility index (Phi) is 10.1. The summed E-state index contributed by atoms with van der Waals surface area (Å²) in [7, 11) is -0.752. The minimum atomic E-state index is -3.78. The highest BCUT2D eigenvalue weighted by atomic mass is 35.5. The van der Waals surface area contributed by atoms with Crippen LogP contribution in [0.15, 0.2) is 53.4 Å². The first-order valence-corrected chi connectivity index (χ1v) is 12.2. The van der Waals surface area contributed by atoms with Gasteiger partial charge >= 0.3 is 0 Å². The second-order valence-corrected chi connectivity index (χ2v) is 10.5. The number of aliphatic hydroxyl groups is 1. The average Bonchev–Trinajstić information content (AvgIpc) is 2.77. The number of benzene rings is 2. The van der Waals surface area contributed by atoms with Crippen molar-refractivity contribution in [2.75, 3.05) is 33.9 Å². The van der Waals surface area contributed by atoms with Gasteiger partial charge in [-0.3, -0.25) is 4.90 Å². The quantitative estimate of drug-likeness (QED) is 0.496. The molecule has 178 valence electrons. The van der Waals surface area contributed by atoms with Crippen LogP contribution in [0.4, 0.5) is 4.39 Å². The molecular formula is C23H32ClFN2O4S. The molecule has 1 N–H and O–H groups in total. The molecule has 0 aliphatic rings. The van der Waals surface area contributed by atoms with E-state index in [2.05, 4.69) is 4.90 Å². The summed E-state index contributed by atoms with van der Waals surface area (Å²) in [6.45, 7) is 5.13. The number of methoxy groups -OCH3 is 1. The first-order chi connectivity index (χ1) is 15.1. The van der Waals surface area contributed by atoms with Crippen LogP contribution >= 0.6 is 11.6 Å². The van der Waals surface area contributed by atoms with Gasteiger partial charge in [0.1, 0.15) is 5.82 Å². The topological polar surface area (TPSA) is 70.1 Å². The van der Waals surface area contributed by atoms with Gasteiger partial charge in [-0.25, -0.2) is 12.8 Å². The fraction of sp³-hybridized carbons (Fsp3) is 0.478. The second kappa shape index (κ2) is 12.1. The van der Waals surface area contributed by atoms with Crippen LogP contribution in [0.25, 0.3) is 0 Å². The summed E-state index contributed by atoms with van der Waals surface area (Å²) < 4.78 is 45.8. The second-order valence-electron chi connectivity index (χ2n) is 8.04. The van der Waals surface area contributed by atoms with E-state index in [-0.39, 0.29) is 30.0 Å². The highest BCUT2D eigenvalue weighted by Gasteiger charge is 2.28. The summed E-state index contributed by atoms with van der Waals surface area (Å²) in [6.07, 6.45) is -0.394. The van der Waals surface area contributed by atoms with Gasteiger partial charge in [0.15, 0.2) is 0 Å². The largest absolute Gasteiger partial charge is 0.395 e. The predicted octanol–water partition coefficient (Wildman–Crippen LogP) is 3.63. The van der Waals surface area contributed by atoms with Crippen molar-refractivity contribution in [2.24, 2.45) is 5.92 Å². The number of halogens is 2. The van der Waals surface area contributed by atoms with Crippen LogP contribution in [0.3, 0.4) is 0 Å². The summed E-state index contributed by atoms with van der Waals surface area (Å²) in [5.41, 5.74) is 0.951. The number of hydrogen-bond acceptors (Lipinski definition) is 5. The third kappa shape index (κ3) is 6.97. The normalized spacial score (nSPS) is 15.2. The van der Waals surface area contributed by atoms with Gasteiger partial charge in [-0.05, 0) is 48.7 Å². The van der Waals surface area contributed by atoms with Crippen molar-refractivity contribution >= 4 is 21.6 Å². The van der Waals surface area contributed by atoms with Gasteiger partial charge in [0, 0.05) is 44.9 Å². The van der Waals surface area contributed by atoms with Gasteiger partial charge in [-0.2, -0.15) is 4.31 Å². The molecule has 0 spiro atoms. The molecule has 3 atom stereocenters. The molecule has 0 saturated carbocycles. The molecule has 0 amide bonds. The van der Waals surface area contributed by atoms with Gasteiger partial charge in [-0.15, -0.1) is 0 Å². The Balaban J connectivity index is 2.12. The van der Waals surface area contributed by atoms with Crippen LogP contribution < -0.4 is 0 Å². The van der Waals surface area contributed by atoms with Gasteiger partial charge in [0.2, 0.25) is 10.0 Å². The molecular weight excluding hydrogens is 455 g/mol. The van der Waals surface area contributed by atoms with Crippen molar-refractivity contribution in [2.45, 2.75) is 37.4 Å². The van der Waals surface area contributed by atoms with Gasteiger partial charge < -0.3 is 9.84 Å². The number of ether oxygens (including phenoxy) is 1. The van der Waals surface area contributed by atoms with Crippen LogP contribution in [0.1, 0.15) is 19.4 Å². The first kappa shape index (κ1) is 26.7. The van der Waals surface area contributed by atoms with Crippen LogP contribution in [-0.4, -0.2) is 68.7 Å². The molecule has 0 radical (unpaired) electrons. The molecule has 0 heterocycles. The Bertz CT molecular complexity index is 959. The van der Waals surface area contributed by atoms with Gasteiger partial charge in [0.05, 0.1) is 17.6 Å². The summed E-state index contributed by atoms with van der Waals surface area (Å²) in [4.78, 5) is 2.13. The standard InChI is InChI=1S/C23H32ClFN2O4S/c1-17(13-27(18(2)16-28)14-19-7-5-6-8-22(19)24)23(31-4)15-26(3)32(29,30)21-11-9-20(25)10-12-21/h5-12,17-18,23,28H,13-16H2,1-4H3/t17-,18+,23-/m0/s1. The molecule has 0 aliphatic carbocycles. The Morgan fingerprint density at radius 1 is 1.09 bits per heavy atom. The van der Waals surface area contributed by atoms with E-state index in [0.717, 1.165) is 17.7 Å². The van der Waals surface area contributed by atoms with Crippen molar-refractivity contribution < 1.29 is 22.7 Å². The summed E-state index contributed by atoms with van der Waals surface area (Å²) in [5.74, 6) is -0.547. The molecule has 2 rings (SSSR count). The molecule has 6 nitrogen and oxygen atoms in total. The van der Waals surface area contributed by atoms with Crippen LogP contribution in [0.2, 0.25) is 5.02 Å². The van der Waals surface area contributed by atoms with E-state index >= 15 is 0 Å². The van der Waals surface area contributed by atoms with Crippen molar-refractivity contribution in [3.63, 3.8) is 0 Å². The highest BCUT2D eigenvalue weighted by Crippen LogP contribution is 2.22. The molecule has 9 heteroatoms. The fourth-order valence-corrected chi connectivity index (χ4v) is 4.85. The van der Waals surface area contributed by atoms with Crippen LogP contribution in [0, 0.1) is 11.7 Å². The van der Waals surface area contributed by atoms with Crippen molar-refractivity contribution in [1.29, 1.82) is 0 Å². The smallest absolute Gasteiger partial charge is 0.242 e. The minimum absolute atomic E-state index is 0.0202. The molecule has 0 unspecified atom stereocenters. The highest BCUT2D eigenvalue weighted by molar-refractivity contribution is 7.89. The maximum atomic E-state index is 13.2. The minimum Gasteiger partial charge on any atom is -0.395 e. The zero-order chi connectivity index (χ0) is 23.9. The number of aliphatic hydroxyl groups excluding tert-OH is 1. The molecule has 0 bridgehead atoms. The molecule has 0 aromatic heterocycles. The third-order valence-electron chi connectivity index (χ3n) is 5.64. The number of hydrogen-bond donors (Lipinski definition) is 1. The monoisotopic (exact) mass is 486 g/mol. The van der Waals surface area contributed by atoms with Crippen molar-refractivity contribution in [3.8, 4) is 0 Å². The summed E-state index contributed by atoms with van der Waals surface area (Å²) >= 11 is 6.32. The predicted molar refractivity (Wildman–Crippen MR) is 125 cm³/mol. The van der Waals surface area contributed by atoms with Crippen LogP contribution in [-0.2, 0) is 21.3 Å². The third-order valence-corrected chi connectivity index (χ3v) is 7.84. The zero-order valence-electron chi connectivity index (χ0n) is 18.9. The van der Waals surface area contributed by atoms with Gasteiger partial charge in [0.25, 0.3) is 0 Å². The van der Waals surface area contributed by atoms with Crippen molar-refractivity contribution in [3.05, 3.63) is 64.9 Å². The molecule has 2 aromatic rings. The molecule has 0 saturated heterocycles.